The molecule has 0 bridgehead atoms. The molecule has 1 aromatic heterocycles. The Bertz CT molecular complexity index is 1790. The quantitative estimate of drug-likeness (QED) is 0.248. The monoisotopic (exact) mass is 605 g/mol. The second-order valence-corrected chi connectivity index (χ2v) is 11.8. The minimum Gasteiger partial charge on any atom is -0.489 e. The third-order valence-corrected chi connectivity index (χ3v) is 8.65. The summed E-state index contributed by atoms with van der Waals surface area (Å²) in [6.07, 6.45) is 1.90. The smallest absolute Gasteiger partial charge is 0.265 e. The van der Waals surface area contributed by atoms with E-state index in [0.29, 0.717) is 5.95 Å². The van der Waals surface area contributed by atoms with Crippen molar-refractivity contribution in [1.82, 2.24) is 15.3 Å². The lowest BCUT2D eigenvalue weighted by Crippen LogP contribution is -2.35. The van der Waals surface area contributed by atoms with Gasteiger partial charge in [0.1, 0.15) is 35.0 Å². The van der Waals surface area contributed by atoms with Crippen LogP contribution in [-0.2, 0) is 10.0 Å². The zero-order valence-corrected chi connectivity index (χ0v) is 22.8. The van der Waals surface area contributed by atoms with Gasteiger partial charge in [0.15, 0.2) is 5.82 Å². The highest BCUT2D eigenvalue weighted by atomic mass is 35.5. The first-order valence-corrected chi connectivity index (χ1v) is 14.6. The molecule has 3 aromatic carbocycles. The SMILES string of the molecule is O=S(=O)(Nc1ccc(F)c(-c2ccc3nc(NC4CCNCC4)ncc3c2F)c1F)c1cc(Cl)cc2c1OC[C@H]2O. The number of halogens is 4. The van der Waals surface area contributed by atoms with E-state index < -0.39 is 55.3 Å². The molecule has 0 radical (unpaired) electrons. The summed E-state index contributed by atoms with van der Waals surface area (Å²) in [5.41, 5.74) is -1.46. The van der Waals surface area contributed by atoms with Gasteiger partial charge in [-0.3, -0.25) is 4.72 Å². The van der Waals surface area contributed by atoms with Gasteiger partial charge in [-0.2, -0.15) is 0 Å². The summed E-state index contributed by atoms with van der Waals surface area (Å²) in [4.78, 5) is 8.09. The van der Waals surface area contributed by atoms with Crippen LogP contribution in [0, 0.1) is 17.5 Å². The van der Waals surface area contributed by atoms with Gasteiger partial charge in [0.2, 0.25) is 5.95 Å². The molecule has 0 amide bonds. The number of anilines is 2. The van der Waals surface area contributed by atoms with E-state index in [2.05, 4.69) is 25.3 Å². The lowest BCUT2D eigenvalue weighted by Gasteiger charge is -2.23. The van der Waals surface area contributed by atoms with Crippen LogP contribution < -0.4 is 20.1 Å². The van der Waals surface area contributed by atoms with E-state index >= 15 is 8.78 Å². The number of ether oxygens (including phenoxy) is 1. The largest absolute Gasteiger partial charge is 0.489 e. The lowest BCUT2D eigenvalue weighted by atomic mass is 10.0. The van der Waals surface area contributed by atoms with Crippen molar-refractivity contribution in [2.24, 2.45) is 0 Å². The molecular formula is C27H23ClF3N5O4S. The van der Waals surface area contributed by atoms with Gasteiger partial charge in [0, 0.05) is 28.4 Å². The van der Waals surface area contributed by atoms with Crippen molar-refractivity contribution < 1.29 is 31.4 Å². The highest BCUT2D eigenvalue weighted by Crippen LogP contribution is 2.41. The van der Waals surface area contributed by atoms with Gasteiger partial charge in [0.25, 0.3) is 10.0 Å². The lowest BCUT2D eigenvalue weighted by molar-refractivity contribution is 0.140. The summed E-state index contributed by atoms with van der Waals surface area (Å²) in [6, 6.07) is 6.91. The molecule has 0 saturated carbocycles. The average Bonchev–Trinajstić information content (AvgIpc) is 3.31. The van der Waals surface area contributed by atoms with Gasteiger partial charge in [-0.25, -0.2) is 31.6 Å². The van der Waals surface area contributed by atoms with E-state index in [1.807, 2.05) is 0 Å². The summed E-state index contributed by atoms with van der Waals surface area (Å²) in [7, 11) is -4.54. The molecule has 41 heavy (non-hydrogen) atoms. The Hall–Kier alpha value is -3.65. The Balaban J connectivity index is 1.35. The maximum atomic E-state index is 15.7. The number of nitrogens with one attached hydrogen (secondary N) is 3. The van der Waals surface area contributed by atoms with Crippen LogP contribution in [0.4, 0.5) is 24.8 Å². The molecule has 1 fully saturated rings. The summed E-state index contributed by atoms with van der Waals surface area (Å²) in [6.45, 7) is 1.52. The fraction of sp³-hybridized carbons (Fsp3) is 0.259. The van der Waals surface area contributed by atoms with Gasteiger partial charge in [0.05, 0.1) is 22.2 Å². The molecule has 1 saturated heterocycles. The number of rotatable bonds is 6. The first-order chi connectivity index (χ1) is 19.6. The number of hydrogen-bond donors (Lipinski definition) is 4. The van der Waals surface area contributed by atoms with Gasteiger partial charge in [-0.1, -0.05) is 11.6 Å². The molecular weight excluding hydrogens is 583 g/mol. The molecule has 9 nitrogen and oxygen atoms in total. The molecule has 2 aliphatic heterocycles. The van der Waals surface area contributed by atoms with Crippen LogP contribution >= 0.6 is 11.6 Å². The topological polar surface area (TPSA) is 125 Å². The Labute approximate surface area is 237 Å². The van der Waals surface area contributed by atoms with Gasteiger partial charge < -0.3 is 20.5 Å². The van der Waals surface area contributed by atoms with Crippen LogP contribution in [0.3, 0.4) is 0 Å². The van der Waals surface area contributed by atoms with Crippen molar-refractivity contribution in [3.05, 3.63) is 70.6 Å². The average molecular weight is 606 g/mol. The van der Waals surface area contributed by atoms with Gasteiger partial charge in [-0.15, -0.1) is 0 Å². The fourth-order valence-corrected chi connectivity index (χ4v) is 6.55. The molecule has 6 rings (SSSR count). The van der Waals surface area contributed by atoms with Gasteiger partial charge >= 0.3 is 0 Å². The number of benzene rings is 3. The minimum absolute atomic E-state index is 0.00324. The van der Waals surface area contributed by atoms with Crippen LogP contribution in [-0.4, -0.2) is 49.2 Å². The maximum Gasteiger partial charge on any atom is 0.265 e. The molecule has 0 spiro atoms. The second kappa shape index (κ2) is 10.6. The highest BCUT2D eigenvalue weighted by molar-refractivity contribution is 7.92. The number of aliphatic hydroxyl groups excluding tert-OH is 1. The van der Waals surface area contributed by atoms with Crippen LogP contribution in [0.1, 0.15) is 24.5 Å². The van der Waals surface area contributed by atoms with Crippen molar-refractivity contribution in [3.8, 4) is 16.9 Å². The van der Waals surface area contributed by atoms with E-state index in [0.717, 1.165) is 44.1 Å². The Morgan fingerprint density at radius 3 is 2.63 bits per heavy atom. The maximum absolute atomic E-state index is 15.7. The molecule has 1 atom stereocenters. The molecule has 2 aliphatic rings. The van der Waals surface area contributed by atoms with Crippen LogP contribution in [0.25, 0.3) is 22.0 Å². The summed E-state index contributed by atoms with van der Waals surface area (Å²) in [5.74, 6) is -3.23. The van der Waals surface area contributed by atoms with Crippen molar-refractivity contribution in [3.63, 3.8) is 0 Å². The predicted molar refractivity (Wildman–Crippen MR) is 147 cm³/mol. The molecule has 0 aliphatic carbocycles. The number of nitrogens with zero attached hydrogens (tertiary/aromatic N) is 2. The van der Waals surface area contributed by atoms with Crippen molar-refractivity contribution in [1.29, 1.82) is 0 Å². The summed E-state index contributed by atoms with van der Waals surface area (Å²) in [5, 5.41) is 16.5. The number of aliphatic hydroxyl groups is 1. The zero-order chi connectivity index (χ0) is 28.9. The van der Waals surface area contributed by atoms with E-state index in [4.69, 9.17) is 16.3 Å². The molecule has 4 N–H and O–H groups in total. The molecule has 14 heteroatoms. The predicted octanol–water partition coefficient (Wildman–Crippen LogP) is 4.76. The Morgan fingerprint density at radius 1 is 1.07 bits per heavy atom. The summed E-state index contributed by atoms with van der Waals surface area (Å²) < 4.78 is 80.1. The standard InChI is InChI=1S/C27H23ClF3N5O4S/c28-13-9-16-21(37)12-40-26(16)22(10-13)41(38,39)36-20-4-2-18(29)23(25(20)31)15-1-3-19-17(24(15)30)11-33-27(35-19)34-14-5-7-32-8-6-14/h1-4,9-11,14,21,32,36-37H,5-8,12H2,(H,33,34,35)/t21-/m1/s1. The van der Waals surface area contributed by atoms with Gasteiger partial charge in [-0.05, 0) is 62.3 Å². The molecule has 4 aromatic rings. The third kappa shape index (κ3) is 5.14. The molecule has 214 valence electrons. The van der Waals surface area contributed by atoms with E-state index in [1.165, 1.54) is 24.4 Å². The molecule has 0 unspecified atom stereocenters. The zero-order valence-electron chi connectivity index (χ0n) is 21.2. The van der Waals surface area contributed by atoms with Crippen LogP contribution in [0.15, 0.2) is 47.5 Å². The first-order valence-electron chi connectivity index (χ1n) is 12.7. The third-order valence-electron chi connectivity index (χ3n) is 7.06. The van der Waals surface area contributed by atoms with E-state index in [9.17, 15) is 17.9 Å². The van der Waals surface area contributed by atoms with Crippen molar-refractivity contribution >= 4 is 44.2 Å². The second-order valence-electron chi connectivity index (χ2n) is 9.76. The van der Waals surface area contributed by atoms with Crippen molar-refractivity contribution in [2.75, 3.05) is 29.7 Å². The number of piperidine rings is 1. The Kier molecular flexibility index (Phi) is 7.14. The van der Waals surface area contributed by atoms with Crippen LogP contribution in [0.5, 0.6) is 5.75 Å². The minimum atomic E-state index is -4.54. The summed E-state index contributed by atoms with van der Waals surface area (Å²) >= 11 is 6.04. The van der Waals surface area contributed by atoms with Crippen LogP contribution in [0.2, 0.25) is 5.02 Å². The number of sulfonamides is 1. The van der Waals surface area contributed by atoms with Crippen molar-refractivity contribution in [2.45, 2.75) is 29.9 Å². The fourth-order valence-electron chi connectivity index (χ4n) is 5.00. The highest BCUT2D eigenvalue weighted by Gasteiger charge is 2.32. The Morgan fingerprint density at radius 2 is 1.85 bits per heavy atom. The first kappa shape index (κ1) is 27.5. The number of fused-ring (bicyclic) bond motifs is 2. The normalized spacial score (nSPS) is 17.3. The number of aromatic nitrogens is 2. The van der Waals surface area contributed by atoms with E-state index in [-0.39, 0.29) is 39.9 Å². The molecule has 3 heterocycles. The number of hydrogen-bond acceptors (Lipinski definition) is 8. The van der Waals surface area contributed by atoms with E-state index in [1.54, 1.807) is 0 Å².